The Labute approximate surface area is 137 Å². The van der Waals surface area contributed by atoms with Crippen molar-refractivity contribution in [3.05, 3.63) is 30.3 Å². The van der Waals surface area contributed by atoms with Crippen LogP contribution in [0.15, 0.2) is 30.3 Å². The summed E-state index contributed by atoms with van der Waals surface area (Å²) in [5, 5.41) is 0. The SMILES string of the molecule is CC[C@H](Oc1ccccc1)C(=O)N1CCCN(CC(N)=O)CC1. The third-order valence-electron chi connectivity index (χ3n) is 3.95. The van der Waals surface area contributed by atoms with E-state index >= 15 is 0 Å². The van der Waals surface area contributed by atoms with E-state index in [-0.39, 0.29) is 18.4 Å². The fourth-order valence-corrected chi connectivity index (χ4v) is 2.75. The van der Waals surface area contributed by atoms with Gasteiger partial charge in [0.15, 0.2) is 6.10 Å². The molecule has 2 amide bonds. The summed E-state index contributed by atoms with van der Waals surface area (Å²) in [6.07, 6.45) is 0.982. The Balaban J connectivity index is 1.93. The van der Waals surface area contributed by atoms with E-state index in [0.717, 1.165) is 13.0 Å². The molecule has 1 aromatic carbocycles. The fraction of sp³-hybridized carbons (Fsp3) is 0.529. The van der Waals surface area contributed by atoms with Gasteiger partial charge < -0.3 is 15.4 Å². The second-order valence-electron chi connectivity index (χ2n) is 5.75. The molecule has 1 aliphatic rings. The highest BCUT2D eigenvalue weighted by Crippen LogP contribution is 2.15. The summed E-state index contributed by atoms with van der Waals surface area (Å²) in [6.45, 7) is 4.92. The number of primary amides is 1. The topological polar surface area (TPSA) is 75.9 Å². The van der Waals surface area contributed by atoms with Gasteiger partial charge in [0.2, 0.25) is 5.91 Å². The first-order valence-electron chi connectivity index (χ1n) is 8.11. The third kappa shape index (κ3) is 5.25. The van der Waals surface area contributed by atoms with Crippen molar-refractivity contribution in [2.45, 2.75) is 25.9 Å². The standard InChI is InChI=1S/C17H25N3O3/c1-2-15(23-14-7-4-3-5-8-14)17(22)20-10-6-9-19(11-12-20)13-16(18)21/h3-5,7-8,15H,2,6,9-13H2,1H3,(H2,18,21)/t15-/m0/s1. The van der Waals surface area contributed by atoms with Crippen LogP contribution >= 0.6 is 0 Å². The summed E-state index contributed by atoms with van der Waals surface area (Å²) in [6, 6.07) is 9.40. The number of hydrogen-bond donors (Lipinski definition) is 1. The Bertz CT molecular complexity index is 521. The smallest absolute Gasteiger partial charge is 0.263 e. The van der Waals surface area contributed by atoms with E-state index in [1.54, 1.807) is 0 Å². The maximum Gasteiger partial charge on any atom is 0.263 e. The van der Waals surface area contributed by atoms with Crippen LogP contribution in [0, 0.1) is 0 Å². The first-order valence-corrected chi connectivity index (χ1v) is 8.11. The monoisotopic (exact) mass is 319 g/mol. The molecule has 0 radical (unpaired) electrons. The van der Waals surface area contributed by atoms with Gasteiger partial charge in [0.25, 0.3) is 5.91 Å². The minimum Gasteiger partial charge on any atom is -0.481 e. The van der Waals surface area contributed by atoms with Gasteiger partial charge in [0.05, 0.1) is 6.54 Å². The molecule has 1 atom stereocenters. The molecule has 0 bridgehead atoms. The number of hydrogen-bond acceptors (Lipinski definition) is 4. The minimum atomic E-state index is -0.472. The average Bonchev–Trinajstić information content (AvgIpc) is 2.78. The second-order valence-corrected chi connectivity index (χ2v) is 5.75. The molecular weight excluding hydrogens is 294 g/mol. The largest absolute Gasteiger partial charge is 0.481 e. The molecular formula is C17H25N3O3. The molecule has 2 N–H and O–H groups in total. The zero-order chi connectivity index (χ0) is 16.7. The second kappa shape index (κ2) is 8.53. The molecule has 126 valence electrons. The zero-order valence-corrected chi connectivity index (χ0v) is 13.6. The van der Waals surface area contributed by atoms with Crippen molar-refractivity contribution in [1.82, 2.24) is 9.80 Å². The molecule has 1 heterocycles. The highest BCUT2D eigenvalue weighted by Gasteiger charge is 2.26. The number of rotatable bonds is 6. The van der Waals surface area contributed by atoms with E-state index in [9.17, 15) is 9.59 Å². The van der Waals surface area contributed by atoms with Crippen molar-refractivity contribution in [3.63, 3.8) is 0 Å². The summed E-state index contributed by atoms with van der Waals surface area (Å²) in [5.41, 5.74) is 5.24. The number of amides is 2. The molecule has 0 spiro atoms. The van der Waals surface area contributed by atoms with Gasteiger partial charge in [-0.15, -0.1) is 0 Å². The Morgan fingerprint density at radius 3 is 2.57 bits per heavy atom. The number of carbonyl (C=O) groups excluding carboxylic acids is 2. The number of nitrogens with two attached hydrogens (primary N) is 1. The number of benzene rings is 1. The minimum absolute atomic E-state index is 0.0114. The lowest BCUT2D eigenvalue weighted by atomic mass is 10.2. The van der Waals surface area contributed by atoms with Crippen molar-refractivity contribution in [2.24, 2.45) is 5.73 Å². The highest BCUT2D eigenvalue weighted by molar-refractivity contribution is 5.81. The lowest BCUT2D eigenvalue weighted by Gasteiger charge is -2.26. The Morgan fingerprint density at radius 2 is 1.91 bits per heavy atom. The van der Waals surface area contributed by atoms with Crippen LogP contribution in [0.5, 0.6) is 5.75 Å². The van der Waals surface area contributed by atoms with Crippen molar-refractivity contribution in [2.75, 3.05) is 32.7 Å². The quantitative estimate of drug-likeness (QED) is 0.844. The predicted molar refractivity (Wildman–Crippen MR) is 88.0 cm³/mol. The Hall–Kier alpha value is -2.08. The van der Waals surface area contributed by atoms with Gasteiger partial charge in [-0.3, -0.25) is 14.5 Å². The first kappa shape index (κ1) is 17.3. The number of ether oxygens (including phenoxy) is 1. The van der Waals surface area contributed by atoms with Crippen molar-refractivity contribution >= 4 is 11.8 Å². The Kier molecular flexibility index (Phi) is 6.40. The molecule has 0 unspecified atom stereocenters. The summed E-state index contributed by atoms with van der Waals surface area (Å²) in [5.74, 6) is 0.388. The van der Waals surface area contributed by atoms with Crippen LogP contribution in [-0.2, 0) is 9.59 Å². The van der Waals surface area contributed by atoms with Crippen LogP contribution in [0.2, 0.25) is 0 Å². The van der Waals surface area contributed by atoms with Gasteiger partial charge in [-0.2, -0.15) is 0 Å². The van der Waals surface area contributed by atoms with E-state index in [2.05, 4.69) is 0 Å². The predicted octanol–water partition coefficient (Wildman–Crippen LogP) is 0.864. The number of para-hydroxylation sites is 1. The first-order chi connectivity index (χ1) is 11.1. The maximum atomic E-state index is 12.7. The van der Waals surface area contributed by atoms with E-state index in [4.69, 9.17) is 10.5 Å². The molecule has 1 aromatic rings. The molecule has 2 rings (SSSR count). The van der Waals surface area contributed by atoms with E-state index in [1.807, 2.05) is 47.1 Å². The van der Waals surface area contributed by atoms with Crippen LogP contribution in [0.25, 0.3) is 0 Å². The molecule has 23 heavy (non-hydrogen) atoms. The molecule has 1 saturated heterocycles. The van der Waals surface area contributed by atoms with Gasteiger partial charge in [-0.1, -0.05) is 25.1 Å². The summed E-state index contributed by atoms with van der Waals surface area (Å²) in [4.78, 5) is 27.6. The van der Waals surface area contributed by atoms with E-state index < -0.39 is 6.10 Å². The lowest BCUT2D eigenvalue weighted by molar-refractivity contribution is -0.138. The number of nitrogens with zero attached hydrogens (tertiary/aromatic N) is 2. The van der Waals surface area contributed by atoms with Crippen molar-refractivity contribution in [3.8, 4) is 5.75 Å². The summed E-state index contributed by atoms with van der Waals surface area (Å²) >= 11 is 0. The third-order valence-corrected chi connectivity index (χ3v) is 3.95. The van der Waals surface area contributed by atoms with Crippen LogP contribution in [0.1, 0.15) is 19.8 Å². The highest BCUT2D eigenvalue weighted by atomic mass is 16.5. The van der Waals surface area contributed by atoms with Crippen LogP contribution < -0.4 is 10.5 Å². The molecule has 0 saturated carbocycles. The van der Waals surface area contributed by atoms with Crippen molar-refractivity contribution in [1.29, 1.82) is 0 Å². The van der Waals surface area contributed by atoms with Gasteiger partial charge in [-0.25, -0.2) is 0 Å². The van der Waals surface area contributed by atoms with Crippen LogP contribution in [0.3, 0.4) is 0 Å². The van der Waals surface area contributed by atoms with Gasteiger partial charge in [0.1, 0.15) is 5.75 Å². The maximum absolute atomic E-state index is 12.7. The molecule has 6 nitrogen and oxygen atoms in total. The molecule has 0 aliphatic carbocycles. The zero-order valence-electron chi connectivity index (χ0n) is 13.6. The molecule has 6 heteroatoms. The lowest BCUT2D eigenvalue weighted by Crippen LogP contribution is -2.44. The molecule has 0 aromatic heterocycles. The molecule has 1 fully saturated rings. The van der Waals surface area contributed by atoms with Gasteiger partial charge in [-0.05, 0) is 25.0 Å². The van der Waals surface area contributed by atoms with Crippen molar-refractivity contribution < 1.29 is 14.3 Å². The number of carbonyl (C=O) groups is 2. The summed E-state index contributed by atoms with van der Waals surface area (Å²) in [7, 11) is 0. The van der Waals surface area contributed by atoms with E-state index in [0.29, 0.717) is 31.8 Å². The normalized spacial score (nSPS) is 17.3. The van der Waals surface area contributed by atoms with Crippen LogP contribution in [0.4, 0.5) is 0 Å². The van der Waals surface area contributed by atoms with Gasteiger partial charge in [0, 0.05) is 26.2 Å². The Morgan fingerprint density at radius 1 is 1.17 bits per heavy atom. The fourth-order valence-electron chi connectivity index (χ4n) is 2.75. The van der Waals surface area contributed by atoms with Crippen LogP contribution in [-0.4, -0.2) is 60.4 Å². The molecule has 1 aliphatic heterocycles. The van der Waals surface area contributed by atoms with E-state index in [1.165, 1.54) is 0 Å². The summed E-state index contributed by atoms with van der Waals surface area (Å²) < 4.78 is 5.83. The average molecular weight is 319 g/mol. The van der Waals surface area contributed by atoms with Gasteiger partial charge >= 0.3 is 0 Å².